The van der Waals surface area contributed by atoms with Gasteiger partial charge in [0, 0.05) is 60.4 Å². The van der Waals surface area contributed by atoms with E-state index in [2.05, 4.69) is 20.1 Å². The van der Waals surface area contributed by atoms with Gasteiger partial charge in [0.1, 0.15) is 5.65 Å². The number of fused-ring (bicyclic) bond motifs is 1. The van der Waals surface area contributed by atoms with E-state index in [1.807, 2.05) is 37.2 Å². The molecule has 1 N–H and O–H groups in total. The third-order valence-corrected chi connectivity index (χ3v) is 5.14. The van der Waals surface area contributed by atoms with E-state index in [-0.39, 0.29) is 5.56 Å². The first kappa shape index (κ1) is 18.9. The molecule has 0 saturated carbocycles. The molecule has 8 heteroatoms. The number of nitrogens with one attached hydrogen (secondary N) is 1. The number of halogens is 2. The molecule has 154 valence electrons. The lowest BCUT2D eigenvalue weighted by molar-refractivity contribution is 0.432. The van der Waals surface area contributed by atoms with Crippen LogP contribution >= 0.6 is 0 Å². The maximum atomic E-state index is 14.4. The average molecular weight is 417 g/mol. The van der Waals surface area contributed by atoms with Crippen molar-refractivity contribution in [2.75, 3.05) is 19.0 Å². The van der Waals surface area contributed by atoms with Crippen molar-refractivity contribution in [2.45, 2.75) is 0 Å². The number of hydrogen-bond acceptors (Lipinski definition) is 5. The summed E-state index contributed by atoms with van der Waals surface area (Å²) >= 11 is 0. The molecular formula is C23H17F2N5O. The summed E-state index contributed by atoms with van der Waals surface area (Å²) in [5, 5.41) is 4.58. The Morgan fingerprint density at radius 1 is 0.968 bits per heavy atom. The van der Waals surface area contributed by atoms with Gasteiger partial charge in [0.15, 0.2) is 17.4 Å². The molecule has 0 aliphatic carbocycles. The summed E-state index contributed by atoms with van der Waals surface area (Å²) < 4.78 is 33.6. The first-order valence-corrected chi connectivity index (χ1v) is 9.53. The van der Waals surface area contributed by atoms with Crippen molar-refractivity contribution in [1.82, 2.24) is 20.1 Å². The van der Waals surface area contributed by atoms with Gasteiger partial charge in [0.25, 0.3) is 0 Å². The zero-order chi connectivity index (χ0) is 21.5. The van der Waals surface area contributed by atoms with Crippen LogP contribution in [0.5, 0.6) is 0 Å². The second kappa shape index (κ2) is 7.32. The lowest BCUT2D eigenvalue weighted by atomic mass is 10.0. The zero-order valence-corrected chi connectivity index (χ0v) is 16.7. The first-order valence-electron chi connectivity index (χ1n) is 9.53. The van der Waals surface area contributed by atoms with Gasteiger partial charge in [0.05, 0.1) is 17.5 Å². The number of pyridine rings is 2. The Balaban J connectivity index is 1.65. The highest BCUT2D eigenvalue weighted by Gasteiger charge is 2.21. The van der Waals surface area contributed by atoms with E-state index >= 15 is 0 Å². The Morgan fingerprint density at radius 2 is 1.84 bits per heavy atom. The van der Waals surface area contributed by atoms with Crippen molar-refractivity contribution in [3.8, 4) is 33.7 Å². The van der Waals surface area contributed by atoms with Crippen molar-refractivity contribution in [3.05, 3.63) is 72.8 Å². The molecule has 0 aliphatic heterocycles. The summed E-state index contributed by atoms with van der Waals surface area (Å²) in [6.45, 7) is 0. The third kappa shape index (κ3) is 3.22. The zero-order valence-electron chi connectivity index (χ0n) is 16.7. The van der Waals surface area contributed by atoms with Crippen LogP contribution in [0.1, 0.15) is 0 Å². The van der Waals surface area contributed by atoms with E-state index < -0.39 is 11.6 Å². The number of H-pyrrole nitrogens is 1. The molecule has 0 radical (unpaired) electrons. The minimum atomic E-state index is -0.949. The summed E-state index contributed by atoms with van der Waals surface area (Å²) in [7, 11) is 3.92. The number of rotatable bonds is 4. The standard InChI is InChI=1S/C23H17F2N5O/c1-30(2)14-6-7-26-20(9-14)13-8-16-17(11-28-23(16)27-10-13)22-18(12-29-31-22)15-4-3-5-19(24)21(15)25/h3-12H,1-2H3,(H,27,28). The number of aromatic nitrogens is 4. The van der Waals surface area contributed by atoms with Crippen LogP contribution in [0.25, 0.3) is 44.7 Å². The summed E-state index contributed by atoms with van der Waals surface area (Å²) in [5.41, 5.74) is 4.30. The van der Waals surface area contributed by atoms with Gasteiger partial charge in [-0.25, -0.2) is 13.8 Å². The Kier molecular flexibility index (Phi) is 4.47. The molecule has 0 atom stereocenters. The van der Waals surface area contributed by atoms with Gasteiger partial charge < -0.3 is 14.4 Å². The van der Waals surface area contributed by atoms with Crippen LogP contribution in [0, 0.1) is 11.6 Å². The van der Waals surface area contributed by atoms with E-state index in [1.54, 1.807) is 18.6 Å². The molecule has 0 aliphatic rings. The molecule has 1 aromatic carbocycles. The van der Waals surface area contributed by atoms with Crippen LogP contribution in [-0.4, -0.2) is 34.2 Å². The van der Waals surface area contributed by atoms with Gasteiger partial charge in [0.2, 0.25) is 0 Å². The normalized spacial score (nSPS) is 11.2. The lowest BCUT2D eigenvalue weighted by Gasteiger charge is -2.13. The molecule has 5 aromatic rings. The maximum Gasteiger partial charge on any atom is 0.176 e. The Morgan fingerprint density at radius 3 is 2.68 bits per heavy atom. The van der Waals surface area contributed by atoms with E-state index in [1.165, 1.54) is 18.3 Å². The third-order valence-electron chi connectivity index (χ3n) is 5.14. The molecule has 4 aromatic heterocycles. The molecule has 0 saturated heterocycles. The molecule has 5 rings (SSSR count). The van der Waals surface area contributed by atoms with Crippen molar-refractivity contribution >= 4 is 16.7 Å². The monoisotopic (exact) mass is 417 g/mol. The van der Waals surface area contributed by atoms with Gasteiger partial charge in [-0.15, -0.1) is 0 Å². The molecule has 4 heterocycles. The number of aromatic amines is 1. The fourth-order valence-electron chi connectivity index (χ4n) is 3.52. The van der Waals surface area contributed by atoms with Crippen LogP contribution in [0.4, 0.5) is 14.5 Å². The Bertz CT molecular complexity index is 1410. The molecule has 6 nitrogen and oxygen atoms in total. The number of benzene rings is 1. The Hall–Kier alpha value is -4.07. The van der Waals surface area contributed by atoms with E-state index in [9.17, 15) is 8.78 Å². The average Bonchev–Trinajstić information content (AvgIpc) is 3.42. The molecule has 31 heavy (non-hydrogen) atoms. The molecule has 0 bridgehead atoms. The Labute approximate surface area is 176 Å². The van der Waals surface area contributed by atoms with Crippen molar-refractivity contribution in [2.24, 2.45) is 0 Å². The minimum Gasteiger partial charge on any atom is -0.378 e. The molecule has 0 unspecified atom stereocenters. The van der Waals surface area contributed by atoms with E-state index in [0.29, 0.717) is 22.5 Å². The largest absolute Gasteiger partial charge is 0.378 e. The van der Waals surface area contributed by atoms with Crippen molar-refractivity contribution in [1.29, 1.82) is 0 Å². The fourth-order valence-corrected chi connectivity index (χ4v) is 3.52. The van der Waals surface area contributed by atoms with E-state index in [0.717, 1.165) is 28.4 Å². The van der Waals surface area contributed by atoms with E-state index in [4.69, 9.17) is 4.52 Å². The number of hydrogen-bond donors (Lipinski definition) is 1. The van der Waals surface area contributed by atoms with Crippen molar-refractivity contribution in [3.63, 3.8) is 0 Å². The predicted octanol–water partition coefficient (Wildman–Crippen LogP) is 5.29. The number of nitrogens with zero attached hydrogens (tertiary/aromatic N) is 4. The fraction of sp³-hybridized carbons (Fsp3) is 0.0870. The molecule has 0 spiro atoms. The highest BCUT2D eigenvalue weighted by atomic mass is 19.2. The quantitative estimate of drug-likeness (QED) is 0.430. The van der Waals surface area contributed by atoms with Gasteiger partial charge in [-0.05, 0) is 24.3 Å². The number of anilines is 1. The summed E-state index contributed by atoms with van der Waals surface area (Å²) in [5.74, 6) is -1.56. The topological polar surface area (TPSA) is 70.8 Å². The summed E-state index contributed by atoms with van der Waals surface area (Å²) in [6, 6.07) is 9.84. The smallest absolute Gasteiger partial charge is 0.176 e. The maximum absolute atomic E-state index is 14.4. The highest BCUT2D eigenvalue weighted by Crippen LogP contribution is 2.38. The van der Waals surface area contributed by atoms with Gasteiger partial charge in [-0.3, -0.25) is 4.98 Å². The lowest BCUT2D eigenvalue weighted by Crippen LogP contribution is -2.08. The summed E-state index contributed by atoms with van der Waals surface area (Å²) in [6.07, 6.45) is 6.57. The van der Waals surface area contributed by atoms with Crippen LogP contribution < -0.4 is 4.90 Å². The second-order valence-electron chi connectivity index (χ2n) is 7.29. The predicted molar refractivity (Wildman–Crippen MR) is 115 cm³/mol. The second-order valence-corrected chi connectivity index (χ2v) is 7.29. The van der Waals surface area contributed by atoms with Crippen LogP contribution in [0.2, 0.25) is 0 Å². The van der Waals surface area contributed by atoms with Gasteiger partial charge in [-0.2, -0.15) is 0 Å². The highest BCUT2D eigenvalue weighted by molar-refractivity contribution is 5.97. The molecule has 0 amide bonds. The van der Waals surface area contributed by atoms with Gasteiger partial charge >= 0.3 is 0 Å². The van der Waals surface area contributed by atoms with Crippen LogP contribution in [0.15, 0.2) is 65.7 Å². The van der Waals surface area contributed by atoms with Crippen molar-refractivity contribution < 1.29 is 13.3 Å². The molecule has 0 fully saturated rings. The van der Waals surface area contributed by atoms with Crippen LogP contribution in [-0.2, 0) is 0 Å². The van der Waals surface area contributed by atoms with Crippen LogP contribution in [0.3, 0.4) is 0 Å². The summed E-state index contributed by atoms with van der Waals surface area (Å²) in [4.78, 5) is 14.0. The first-order chi connectivity index (χ1) is 15.0. The SMILES string of the molecule is CN(C)c1ccnc(-c2cnc3[nH]cc(-c4oncc4-c4cccc(F)c4F)c3c2)c1. The van der Waals surface area contributed by atoms with Gasteiger partial charge in [-0.1, -0.05) is 17.3 Å². The molecular weight excluding hydrogens is 400 g/mol. The minimum absolute atomic E-state index is 0.0788.